The highest BCUT2D eigenvalue weighted by atomic mass is 19.1. The van der Waals surface area contributed by atoms with Crippen LogP contribution < -0.4 is 9.64 Å². The van der Waals surface area contributed by atoms with Crippen molar-refractivity contribution in [2.45, 2.75) is 20.8 Å². The minimum atomic E-state index is -0.341. The van der Waals surface area contributed by atoms with E-state index in [-0.39, 0.29) is 11.7 Å². The Morgan fingerprint density at radius 1 is 1.14 bits per heavy atom. The van der Waals surface area contributed by atoms with Gasteiger partial charge in [-0.25, -0.2) is 9.37 Å². The molecular weight excluding hydrogens is 283 g/mol. The van der Waals surface area contributed by atoms with Gasteiger partial charge in [0.25, 0.3) is 5.91 Å². The first kappa shape index (κ1) is 15.9. The molecule has 0 aliphatic rings. The van der Waals surface area contributed by atoms with Crippen molar-refractivity contribution < 1.29 is 13.9 Å². The summed E-state index contributed by atoms with van der Waals surface area (Å²) in [4.78, 5) is 18.6. The molecule has 1 heterocycles. The summed E-state index contributed by atoms with van der Waals surface area (Å²) in [5.74, 6) is -0.276. The van der Waals surface area contributed by atoms with Crippen molar-refractivity contribution in [1.82, 2.24) is 4.98 Å². The largest absolute Gasteiger partial charge is 0.480 e. The summed E-state index contributed by atoms with van der Waals surface area (Å²) >= 11 is 0. The fraction of sp³-hybridized carbons (Fsp3) is 0.294. The molecule has 1 amide bonds. The van der Waals surface area contributed by atoms with Gasteiger partial charge in [-0.2, -0.15) is 0 Å². The Balaban J connectivity index is 2.49. The van der Waals surface area contributed by atoms with Crippen LogP contribution in [0.2, 0.25) is 0 Å². The first-order valence-electron chi connectivity index (χ1n) is 6.92. The van der Waals surface area contributed by atoms with Gasteiger partial charge >= 0.3 is 0 Å². The second kappa shape index (κ2) is 6.13. The molecule has 4 nitrogen and oxygen atoms in total. The molecule has 5 heteroatoms. The van der Waals surface area contributed by atoms with E-state index in [2.05, 4.69) is 4.98 Å². The number of hydrogen-bond acceptors (Lipinski definition) is 3. The average molecular weight is 302 g/mol. The SMILES string of the molecule is COc1nc(C)c(C)c(C)c1C(=O)N(C)c1ccc(F)cc1. The highest BCUT2D eigenvalue weighted by molar-refractivity contribution is 6.08. The van der Waals surface area contributed by atoms with E-state index in [4.69, 9.17) is 4.74 Å². The summed E-state index contributed by atoms with van der Waals surface area (Å²) in [6, 6.07) is 5.76. The van der Waals surface area contributed by atoms with Gasteiger partial charge in [-0.05, 0) is 56.2 Å². The standard InChI is InChI=1S/C17H19FN2O2/c1-10-11(2)15(16(22-5)19-12(10)3)17(21)20(4)14-8-6-13(18)7-9-14/h6-9H,1-5H3. The number of methoxy groups -OCH3 is 1. The van der Waals surface area contributed by atoms with Crippen LogP contribution >= 0.6 is 0 Å². The Hall–Kier alpha value is -2.43. The number of hydrogen-bond donors (Lipinski definition) is 0. The summed E-state index contributed by atoms with van der Waals surface area (Å²) < 4.78 is 18.3. The number of amides is 1. The van der Waals surface area contributed by atoms with Crippen molar-refractivity contribution in [3.05, 3.63) is 52.5 Å². The molecule has 0 saturated heterocycles. The molecule has 0 aliphatic heterocycles. The first-order chi connectivity index (χ1) is 10.4. The van der Waals surface area contributed by atoms with Crippen LogP contribution in [0.4, 0.5) is 10.1 Å². The van der Waals surface area contributed by atoms with Crippen molar-refractivity contribution in [3.63, 3.8) is 0 Å². The van der Waals surface area contributed by atoms with Crippen LogP contribution in [0.25, 0.3) is 0 Å². The average Bonchev–Trinajstić information content (AvgIpc) is 2.51. The molecule has 1 aromatic carbocycles. The number of carbonyl (C=O) groups excluding carboxylic acids is 1. The molecule has 0 bridgehead atoms. The third-order valence-electron chi connectivity index (χ3n) is 3.89. The van der Waals surface area contributed by atoms with Crippen LogP contribution in [0.15, 0.2) is 24.3 Å². The smallest absolute Gasteiger partial charge is 0.263 e. The monoisotopic (exact) mass is 302 g/mol. The predicted molar refractivity (Wildman–Crippen MR) is 84.1 cm³/mol. The normalized spacial score (nSPS) is 10.5. The van der Waals surface area contributed by atoms with Gasteiger partial charge in [-0.15, -0.1) is 0 Å². The van der Waals surface area contributed by atoms with E-state index < -0.39 is 0 Å². The van der Waals surface area contributed by atoms with Gasteiger partial charge in [0.2, 0.25) is 5.88 Å². The lowest BCUT2D eigenvalue weighted by molar-refractivity contribution is 0.0988. The summed E-state index contributed by atoms with van der Waals surface area (Å²) in [5.41, 5.74) is 3.65. The Morgan fingerprint density at radius 2 is 1.73 bits per heavy atom. The highest BCUT2D eigenvalue weighted by Gasteiger charge is 2.23. The minimum absolute atomic E-state index is 0.239. The van der Waals surface area contributed by atoms with Crippen LogP contribution in [0.5, 0.6) is 5.88 Å². The molecule has 0 N–H and O–H groups in total. The molecule has 0 fully saturated rings. The molecule has 0 spiro atoms. The van der Waals surface area contributed by atoms with Gasteiger partial charge in [0.05, 0.1) is 7.11 Å². The number of ether oxygens (including phenoxy) is 1. The van der Waals surface area contributed by atoms with E-state index in [9.17, 15) is 9.18 Å². The van der Waals surface area contributed by atoms with E-state index in [1.165, 1.54) is 24.1 Å². The van der Waals surface area contributed by atoms with Gasteiger partial charge in [0.15, 0.2) is 0 Å². The van der Waals surface area contributed by atoms with E-state index >= 15 is 0 Å². The molecule has 0 atom stereocenters. The Bertz CT molecular complexity index is 712. The number of aryl methyl sites for hydroxylation is 1. The molecule has 2 rings (SSSR count). The second-order valence-electron chi connectivity index (χ2n) is 5.17. The third kappa shape index (κ3) is 2.79. The molecule has 0 aliphatic carbocycles. The molecule has 0 unspecified atom stereocenters. The fourth-order valence-electron chi connectivity index (χ4n) is 2.26. The molecule has 0 radical (unpaired) electrons. The summed E-state index contributed by atoms with van der Waals surface area (Å²) in [6.07, 6.45) is 0. The lowest BCUT2D eigenvalue weighted by Crippen LogP contribution is -2.28. The maximum Gasteiger partial charge on any atom is 0.263 e. The minimum Gasteiger partial charge on any atom is -0.480 e. The summed E-state index contributed by atoms with van der Waals surface area (Å²) in [6.45, 7) is 5.67. The summed E-state index contributed by atoms with van der Waals surface area (Å²) in [7, 11) is 3.13. The Labute approximate surface area is 129 Å². The number of rotatable bonds is 3. The fourth-order valence-corrected chi connectivity index (χ4v) is 2.26. The van der Waals surface area contributed by atoms with Gasteiger partial charge < -0.3 is 9.64 Å². The second-order valence-corrected chi connectivity index (χ2v) is 5.17. The van der Waals surface area contributed by atoms with Gasteiger partial charge in [-0.1, -0.05) is 0 Å². The first-order valence-corrected chi connectivity index (χ1v) is 6.92. The van der Waals surface area contributed by atoms with Gasteiger partial charge in [0.1, 0.15) is 11.4 Å². The number of anilines is 1. The Kier molecular flexibility index (Phi) is 4.45. The van der Waals surface area contributed by atoms with Crippen LogP contribution in [0.3, 0.4) is 0 Å². The van der Waals surface area contributed by atoms with Crippen molar-refractivity contribution in [1.29, 1.82) is 0 Å². The van der Waals surface area contributed by atoms with Crippen molar-refractivity contribution >= 4 is 11.6 Å². The number of benzene rings is 1. The zero-order chi connectivity index (χ0) is 16.4. The number of carbonyl (C=O) groups is 1. The zero-order valence-corrected chi connectivity index (χ0v) is 13.4. The number of pyridine rings is 1. The predicted octanol–water partition coefficient (Wildman–Crippen LogP) is 3.43. The topological polar surface area (TPSA) is 42.4 Å². The molecular formula is C17H19FN2O2. The summed E-state index contributed by atoms with van der Waals surface area (Å²) in [5, 5.41) is 0. The maximum atomic E-state index is 13.0. The quantitative estimate of drug-likeness (QED) is 0.872. The highest BCUT2D eigenvalue weighted by Crippen LogP contribution is 2.27. The van der Waals surface area contributed by atoms with E-state index in [0.29, 0.717) is 17.1 Å². The number of aromatic nitrogens is 1. The van der Waals surface area contributed by atoms with Crippen LogP contribution in [-0.4, -0.2) is 25.0 Å². The number of halogens is 1. The maximum absolute atomic E-state index is 13.0. The molecule has 22 heavy (non-hydrogen) atoms. The van der Waals surface area contributed by atoms with Crippen molar-refractivity contribution in [2.75, 3.05) is 19.1 Å². The molecule has 116 valence electrons. The van der Waals surface area contributed by atoms with E-state index in [0.717, 1.165) is 16.8 Å². The van der Waals surface area contributed by atoms with Crippen LogP contribution in [0.1, 0.15) is 27.2 Å². The van der Waals surface area contributed by atoms with Gasteiger partial charge in [0, 0.05) is 18.4 Å². The Morgan fingerprint density at radius 3 is 2.27 bits per heavy atom. The third-order valence-corrected chi connectivity index (χ3v) is 3.89. The van der Waals surface area contributed by atoms with Crippen molar-refractivity contribution in [2.24, 2.45) is 0 Å². The number of nitrogens with zero attached hydrogens (tertiary/aromatic N) is 2. The lowest BCUT2D eigenvalue weighted by Gasteiger charge is -2.21. The van der Waals surface area contributed by atoms with Crippen LogP contribution in [0, 0.1) is 26.6 Å². The molecule has 0 saturated carbocycles. The molecule has 1 aromatic heterocycles. The van der Waals surface area contributed by atoms with E-state index in [1.807, 2.05) is 20.8 Å². The van der Waals surface area contributed by atoms with Crippen LogP contribution in [-0.2, 0) is 0 Å². The van der Waals surface area contributed by atoms with Crippen molar-refractivity contribution in [3.8, 4) is 5.88 Å². The molecule has 2 aromatic rings. The van der Waals surface area contributed by atoms with E-state index in [1.54, 1.807) is 19.2 Å². The zero-order valence-electron chi connectivity index (χ0n) is 13.4. The lowest BCUT2D eigenvalue weighted by atomic mass is 10.0. The van der Waals surface area contributed by atoms with Gasteiger partial charge in [-0.3, -0.25) is 4.79 Å².